The first-order chi connectivity index (χ1) is 7.81. The van der Waals surface area contributed by atoms with Gasteiger partial charge in [-0.1, -0.05) is 36.4 Å². The first kappa shape index (κ1) is 11.3. The normalized spacial score (nSPS) is 22.4. The molecule has 0 amide bonds. The van der Waals surface area contributed by atoms with Gasteiger partial charge in [0, 0.05) is 0 Å². The molecule has 16 heavy (non-hydrogen) atoms. The Bertz CT molecular complexity index is 332. The third-order valence-electron chi connectivity index (χ3n) is 2.59. The molecule has 1 heterocycles. The lowest BCUT2D eigenvalue weighted by molar-refractivity contribution is -0.0291. The summed E-state index contributed by atoms with van der Waals surface area (Å²) in [5.41, 5.74) is 1.08. The van der Waals surface area contributed by atoms with Gasteiger partial charge in [0.25, 0.3) is 0 Å². The lowest BCUT2D eigenvalue weighted by Crippen LogP contribution is -2.31. The van der Waals surface area contributed by atoms with Gasteiger partial charge in [-0.05, 0) is 5.56 Å². The Kier molecular flexibility index (Phi) is 3.72. The van der Waals surface area contributed by atoms with Crippen molar-refractivity contribution in [3.63, 3.8) is 0 Å². The van der Waals surface area contributed by atoms with Gasteiger partial charge in [-0.25, -0.2) is 0 Å². The molecule has 1 fully saturated rings. The standard InChI is InChI=1S/C13H16O3/c1-2-11(13(14)12-9-16-12)15-8-10-6-4-3-5-7-10/h2-7,11-14H,1,8-9H2/t11-,12-,13+/m1/s1. The van der Waals surface area contributed by atoms with Crippen LogP contribution in [0, 0.1) is 0 Å². The van der Waals surface area contributed by atoms with E-state index < -0.39 is 6.10 Å². The Balaban J connectivity index is 1.85. The van der Waals surface area contributed by atoms with Gasteiger partial charge in [-0.3, -0.25) is 0 Å². The molecule has 0 aliphatic carbocycles. The number of hydrogen-bond donors (Lipinski definition) is 1. The molecule has 2 rings (SSSR count). The zero-order valence-electron chi connectivity index (χ0n) is 9.08. The molecular formula is C13H16O3. The Labute approximate surface area is 95.3 Å². The van der Waals surface area contributed by atoms with Gasteiger partial charge in [0.1, 0.15) is 18.3 Å². The maximum absolute atomic E-state index is 9.81. The van der Waals surface area contributed by atoms with Crippen molar-refractivity contribution in [1.29, 1.82) is 0 Å². The number of aliphatic hydroxyl groups is 1. The summed E-state index contributed by atoms with van der Waals surface area (Å²) >= 11 is 0. The van der Waals surface area contributed by atoms with Crippen LogP contribution in [-0.4, -0.2) is 30.0 Å². The van der Waals surface area contributed by atoms with Crippen molar-refractivity contribution in [2.24, 2.45) is 0 Å². The van der Waals surface area contributed by atoms with Crippen LogP contribution < -0.4 is 0 Å². The van der Waals surface area contributed by atoms with E-state index in [1.807, 2.05) is 30.3 Å². The maximum Gasteiger partial charge on any atom is 0.112 e. The van der Waals surface area contributed by atoms with Crippen molar-refractivity contribution < 1.29 is 14.6 Å². The average Bonchev–Trinajstić information content (AvgIpc) is 3.15. The van der Waals surface area contributed by atoms with E-state index in [0.717, 1.165) is 5.56 Å². The van der Waals surface area contributed by atoms with Gasteiger partial charge in [0.05, 0.1) is 13.2 Å². The Morgan fingerprint density at radius 2 is 2.19 bits per heavy atom. The molecule has 3 heteroatoms. The number of benzene rings is 1. The van der Waals surface area contributed by atoms with Crippen LogP contribution in [0.25, 0.3) is 0 Å². The number of hydrogen-bond acceptors (Lipinski definition) is 3. The highest BCUT2D eigenvalue weighted by atomic mass is 16.6. The van der Waals surface area contributed by atoms with Gasteiger partial charge in [0.2, 0.25) is 0 Å². The number of aliphatic hydroxyl groups excluding tert-OH is 1. The molecule has 1 saturated heterocycles. The summed E-state index contributed by atoms with van der Waals surface area (Å²) in [4.78, 5) is 0. The van der Waals surface area contributed by atoms with Crippen LogP contribution in [0.1, 0.15) is 5.56 Å². The van der Waals surface area contributed by atoms with E-state index in [9.17, 15) is 5.11 Å². The molecule has 1 aliphatic rings. The van der Waals surface area contributed by atoms with Gasteiger partial charge < -0.3 is 14.6 Å². The molecule has 1 aromatic carbocycles. The minimum atomic E-state index is -0.610. The first-order valence-electron chi connectivity index (χ1n) is 5.39. The van der Waals surface area contributed by atoms with Crippen molar-refractivity contribution in [2.45, 2.75) is 24.9 Å². The molecule has 0 spiro atoms. The topological polar surface area (TPSA) is 42.0 Å². The molecule has 3 atom stereocenters. The quantitative estimate of drug-likeness (QED) is 0.583. The van der Waals surface area contributed by atoms with Crippen molar-refractivity contribution in [3.8, 4) is 0 Å². The smallest absolute Gasteiger partial charge is 0.112 e. The zero-order chi connectivity index (χ0) is 11.4. The molecule has 1 N–H and O–H groups in total. The van der Waals surface area contributed by atoms with Gasteiger partial charge in [-0.2, -0.15) is 0 Å². The van der Waals surface area contributed by atoms with Crippen LogP contribution >= 0.6 is 0 Å². The Morgan fingerprint density at radius 1 is 1.50 bits per heavy atom. The Morgan fingerprint density at radius 3 is 2.75 bits per heavy atom. The monoisotopic (exact) mass is 220 g/mol. The van der Waals surface area contributed by atoms with E-state index >= 15 is 0 Å². The molecule has 0 unspecified atom stereocenters. The SMILES string of the molecule is C=C[C@@H](OCc1ccccc1)[C@H](O)[C@H]1CO1. The highest BCUT2D eigenvalue weighted by molar-refractivity contribution is 5.13. The second kappa shape index (κ2) is 5.25. The van der Waals surface area contributed by atoms with Crippen LogP contribution in [0.5, 0.6) is 0 Å². The maximum atomic E-state index is 9.81. The molecule has 0 aromatic heterocycles. The number of rotatable bonds is 6. The molecule has 86 valence electrons. The van der Waals surface area contributed by atoms with E-state index in [0.29, 0.717) is 13.2 Å². The van der Waals surface area contributed by atoms with E-state index in [-0.39, 0.29) is 12.2 Å². The van der Waals surface area contributed by atoms with Crippen molar-refractivity contribution in [2.75, 3.05) is 6.61 Å². The molecular weight excluding hydrogens is 204 g/mol. The van der Waals surface area contributed by atoms with Gasteiger partial charge >= 0.3 is 0 Å². The lowest BCUT2D eigenvalue weighted by Gasteiger charge is -2.18. The van der Waals surface area contributed by atoms with Crippen molar-refractivity contribution in [1.82, 2.24) is 0 Å². The van der Waals surface area contributed by atoms with Crippen molar-refractivity contribution >= 4 is 0 Å². The van der Waals surface area contributed by atoms with Crippen LogP contribution in [0.2, 0.25) is 0 Å². The van der Waals surface area contributed by atoms with Crippen LogP contribution in [0.15, 0.2) is 43.0 Å². The third-order valence-corrected chi connectivity index (χ3v) is 2.59. The average molecular weight is 220 g/mol. The minimum absolute atomic E-state index is 0.0845. The summed E-state index contributed by atoms with van der Waals surface area (Å²) in [7, 11) is 0. The summed E-state index contributed by atoms with van der Waals surface area (Å²) < 4.78 is 10.6. The predicted molar refractivity (Wildman–Crippen MR) is 61.0 cm³/mol. The zero-order valence-corrected chi connectivity index (χ0v) is 9.08. The van der Waals surface area contributed by atoms with E-state index in [1.165, 1.54) is 0 Å². The fourth-order valence-corrected chi connectivity index (χ4v) is 1.54. The fraction of sp³-hybridized carbons (Fsp3) is 0.385. The Hall–Kier alpha value is -1.16. The minimum Gasteiger partial charge on any atom is -0.387 e. The molecule has 1 aromatic rings. The first-order valence-corrected chi connectivity index (χ1v) is 5.39. The molecule has 0 bridgehead atoms. The van der Waals surface area contributed by atoms with Crippen molar-refractivity contribution in [3.05, 3.63) is 48.6 Å². The lowest BCUT2D eigenvalue weighted by atomic mass is 10.1. The van der Waals surface area contributed by atoms with Crippen LogP contribution in [-0.2, 0) is 16.1 Å². The summed E-state index contributed by atoms with van der Waals surface area (Å²) in [5.74, 6) is 0. The summed E-state index contributed by atoms with van der Waals surface area (Å²) in [6, 6.07) is 9.85. The fourth-order valence-electron chi connectivity index (χ4n) is 1.54. The van der Waals surface area contributed by atoms with E-state index in [1.54, 1.807) is 6.08 Å². The predicted octanol–water partition coefficient (Wildman–Crippen LogP) is 1.52. The van der Waals surface area contributed by atoms with Crippen LogP contribution in [0.4, 0.5) is 0 Å². The number of epoxide rings is 1. The molecule has 0 radical (unpaired) electrons. The van der Waals surface area contributed by atoms with Gasteiger partial charge in [-0.15, -0.1) is 6.58 Å². The van der Waals surface area contributed by atoms with Gasteiger partial charge in [0.15, 0.2) is 0 Å². The van der Waals surface area contributed by atoms with Crippen LogP contribution in [0.3, 0.4) is 0 Å². The third kappa shape index (κ3) is 2.92. The summed E-state index contributed by atoms with van der Waals surface area (Å²) in [6.45, 7) is 4.75. The second-order valence-corrected chi connectivity index (χ2v) is 3.86. The highest BCUT2D eigenvalue weighted by Gasteiger charge is 2.36. The molecule has 3 nitrogen and oxygen atoms in total. The van der Waals surface area contributed by atoms with E-state index in [2.05, 4.69) is 6.58 Å². The largest absolute Gasteiger partial charge is 0.387 e. The summed E-state index contributed by atoms with van der Waals surface area (Å²) in [6.07, 6.45) is 0.558. The number of ether oxygens (including phenoxy) is 2. The van der Waals surface area contributed by atoms with E-state index in [4.69, 9.17) is 9.47 Å². The molecule has 1 aliphatic heterocycles. The second-order valence-electron chi connectivity index (χ2n) is 3.86. The highest BCUT2D eigenvalue weighted by Crippen LogP contribution is 2.19. The molecule has 0 saturated carbocycles. The summed E-state index contributed by atoms with van der Waals surface area (Å²) in [5, 5.41) is 9.81.